The van der Waals surface area contributed by atoms with E-state index in [4.69, 9.17) is 4.74 Å². The molecule has 1 aromatic heterocycles. The van der Waals surface area contributed by atoms with Gasteiger partial charge in [-0.25, -0.2) is 9.78 Å². The molecule has 2 heterocycles. The monoisotopic (exact) mass is 342 g/mol. The second-order valence-corrected chi connectivity index (χ2v) is 6.21. The molecule has 0 unspecified atom stereocenters. The van der Waals surface area contributed by atoms with Gasteiger partial charge in [0.05, 0.1) is 5.56 Å². The highest BCUT2D eigenvalue weighted by molar-refractivity contribution is 7.98. The Balaban J connectivity index is 1.67. The molecule has 0 N–H and O–H groups in total. The zero-order valence-corrected chi connectivity index (χ0v) is 14.2. The summed E-state index contributed by atoms with van der Waals surface area (Å²) in [6.45, 7) is 0.381. The van der Waals surface area contributed by atoms with Crippen LogP contribution >= 0.6 is 11.8 Å². The molecule has 1 aliphatic rings. The fourth-order valence-electron chi connectivity index (χ4n) is 2.78. The normalized spacial score (nSPS) is 13.3. The molecule has 0 saturated heterocycles. The number of fused-ring (bicyclic) bond motifs is 1. The van der Waals surface area contributed by atoms with Crippen molar-refractivity contribution in [2.24, 2.45) is 0 Å². The van der Waals surface area contributed by atoms with Crippen LogP contribution in [0.1, 0.15) is 22.3 Å². The van der Waals surface area contributed by atoms with E-state index in [2.05, 4.69) is 4.98 Å². The first-order valence-corrected chi connectivity index (χ1v) is 8.97. The molecular formula is C18H18N2O3S. The number of pyridine rings is 1. The van der Waals surface area contributed by atoms with Gasteiger partial charge in [-0.3, -0.25) is 4.79 Å². The molecule has 0 saturated carbocycles. The van der Waals surface area contributed by atoms with Gasteiger partial charge < -0.3 is 9.64 Å². The first-order valence-electron chi connectivity index (χ1n) is 7.75. The smallest absolute Gasteiger partial charge is 0.341 e. The minimum absolute atomic E-state index is 0.204. The van der Waals surface area contributed by atoms with E-state index < -0.39 is 5.97 Å². The number of para-hydroxylation sites is 1. The van der Waals surface area contributed by atoms with Gasteiger partial charge in [0, 0.05) is 18.4 Å². The van der Waals surface area contributed by atoms with Crippen molar-refractivity contribution in [1.29, 1.82) is 0 Å². The Hall–Kier alpha value is -2.34. The molecule has 1 amide bonds. The van der Waals surface area contributed by atoms with Gasteiger partial charge in [0.15, 0.2) is 6.61 Å². The molecule has 3 rings (SSSR count). The van der Waals surface area contributed by atoms with Crippen LogP contribution in [0.15, 0.2) is 47.6 Å². The van der Waals surface area contributed by atoms with Crippen molar-refractivity contribution in [1.82, 2.24) is 4.98 Å². The number of aryl methyl sites for hydroxylation is 1. The van der Waals surface area contributed by atoms with Gasteiger partial charge in [-0.2, -0.15) is 0 Å². The van der Waals surface area contributed by atoms with Gasteiger partial charge >= 0.3 is 5.97 Å². The Morgan fingerprint density at radius 1 is 1.25 bits per heavy atom. The largest absolute Gasteiger partial charge is 0.452 e. The van der Waals surface area contributed by atoms with Crippen LogP contribution in [-0.4, -0.2) is 36.3 Å². The summed E-state index contributed by atoms with van der Waals surface area (Å²) >= 11 is 1.37. The van der Waals surface area contributed by atoms with Gasteiger partial charge in [-0.15, -0.1) is 11.8 Å². The minimum Gasteiger partial charge on any atom is -0.452 e. The van der Waals surface area contributed by atoms with E-state index >= 15 is 0 Å². The van der Waals surface area contributed by atoms with Crippen molar-refractivity contribution in [2.75, 3.05) is 24.3 Å². The van der Waals surface area contributed by atoms with Crippen molar-refractivity contribution >= 4 is 29.3 Å². The quantitative estimate of drug-likeness (QED) is 0.631. The molecule has 0 fully saturated rings. The number of nitrogens with zero attached hydrogens (tertiary/aromatic N) is 2. The van der Waals surface area contributed by atoms with Crippen LogP contribution in [0.5, 0.6) is 0 Å². The number of anilines is 1. The number of aromatic nitrogens is 1. The van der Waals surface area contributed by atoms with E-state index in [1.807, 2.05) is 30.5 Å². The van der Waals surface area contributed by atoms with E-state index in [0.717, 1.165) is 24.1 Å². The van der Waals surface area contributed by atoms with E-state index in [1.54, 1.807) is 23.2 Å². The summed E-state index contributed by atoms with van der Waals surface area (Å²) in [5.74, 6) is -0.726. The lowest BCUT2D eigenvalue weighted by Gasteiger charge is -2.29. The van der Waals surface area contributed by atoms with E-state index in [1.165, 1.54) is 11.8 Å². The lowest BCUT2D eigenvalue weighted by Crippen LogP contribution is -2.38. The van der Waals surface area contributed by atoms with Crippen molar-refractivity contribution < 1.29 is 14.3 Å². The number of ether oxygens (including phenoxy) is 1. The van der Waals surface area contributed by atoms with Crippen molar-refractivity contribution in [2.45, 2.75) is 17.9 Å². The Morgan fingerprint density at radius 2 is 2.08 bits per heavy atom. The number of thioether (sulfide) groups is 1. The molecule has 0 aliphatic carbocycles. The van der Waals surface area contributed by atoms with Crippen molar-refractivity contribution in [3.8, 4) is 0 Å². The lowest BCUT2D eigenvalue weighted by molar-refractivity contribution is -0.121. The lowest BCUT2D eigenvalue weighted by atomic mass is 10.0. The number of hydrogen-bond acceptors (Lipinski definition) is 5. The summed E-state index contributed by atoms with van der Waals surface area (Å²) in [7, 11) is 0. The second kappa shape index (κ2) is 7.49. The number of esters is 1. The zero-order chi connectivity index (χ0) is 16.9. The number of carbonyl (C=O) groups is 2. The molecule has 1 aromatic carbocycles. The third kappa shape index (κ3) is 3.43. The van der Waals surface area contributed by atoms with Crippen LogP contribution in [0.25, 0.3) is 0 Å². The maximum absolute atomic E-state index is 12.5. The van der Waals surface area contributed by atoms with Crippen LogP contribution in [-0.2, 0) is 16.0 Å². The molecule has 1 aliphatic heterocycles. The summed E-state index contributed by atoms with van der Waals surface area (Å²) < 4.78 is 5.22. The molecule has 6 heteroatoms. The Labute approximate surface area is 145 Å². The third-order valence-corrected chi connectivity index (χ3v) is 4.63. The molecule has 0 spiro atoms. The van der Waals surface area contributed by atoms with Gasteiger partial charge in [0.25, 0.3) is 5.91 Å². The van der Waals surface area contributed by atoms with E-state index in [0.29, 0.717) is 17.1 Å². The standard InChI is InChI=1S/C18H18N2O3S/c1-24-17-14(8-4-10-19-17)18(22)23-12-16(21)20-11-5-7-13-6-2-3-9-15(13)20/h2-4,6,8-10H,5,7,11-12H2,1H3. The number of carbonyl (C=O) groups excluding carboxylic acids is 2. The van der Waals surface area contributed by atoms with Crippen LogP contribution in [0.2, 0.25) is 0 Å². The fourth-order valence-corrected chi connectivity index (χ4v) is 3.32. The predicted octanol–water partition coefficient (Wildman–Crippen LogP) is 2.94. The highest BCUT2D eigenvalue weighted by atomic mass is 32.2. The molecule has 5 nitrogen and oxygen atoms in total. The van der Waals surface area contributed by atoms with Gasteiger partial charge in [-0.05, 0) is 42.9 Å². The molecule has 0 radical (unpaired) electrons. The van der Waals surface area contributed by atoms with Gasteiger partial charge in [0.2, 0.25) is 0 Å². The van der Waals surface area contributed by atoms with Gasteiger partial charge in [-0.1, -0.05) is 18.2 Å². The SMILES string of the molecule is CSc1ncccc1C(=O)OCC(=O)N1CCCc2ccccc21. The molecular weight excluding hydrogens is 324 g/mol. The first-order chi connectivity index (χ1) is 11.7. The zero-order valence-electron chi connectivity index (χ0n) is 13.4. The van der Waals surface area contributed by atoms with Gasteiger partial charge in [0.1, 0.15) is 5.03 Å². The van der Waals surface area contributed by atoms with Crippen LogP contribution in [0.3, 0.4) is 0 Å². The highest BCUT2D eigenvalue weighted by Crippen LogP contribution is 2.26. The minimum atomic E-state index is -0.522. The number of benzene rings is 1. The summed E-state index contributed by atoms with van der Waals surface area (Å²) in [4.78, 5) is 30.5. The van der Waals surface area contributed by atoms with Crippen LogP contribution in [0.4, 0.5) is 5.69 Å². The summed E-state index contributed by atoms with van der Waals surface area (Å²) in [6.07, 6.45) is 5.34. The molecule has 0 bridgehead atoms. The van der Waals surface area contributed by atoms with E-state index in [9.17, 15) is 9.59 Å². The summed E-state index contributed by atoms with van der Waals surface area (Å²) in [5.41, 5.74) is 2.45. The van der Waals surface area contributed by atoms with Crippen LogP contribution in [0, 0.1) is 0 Å². The topological polar surface area (TPSA) is 59.5 Å². The molecule has 2 aromatic rings. The van der Waals surface area contributed by atoms with E-state index in [-0.39, 0.29) is 12.5 Å². The summed E-state index contributed by atoms with van der Waals surface area (Å²) in [5, 5.41) is 0.596. The number of rotatable bonds is 4. The number of amides is 1. The average molecular weight is 342 g/mol. The molecule has 24 heavy (non-hydrogen) atoms. The van der Waals surface area contributed by atoms with Crippen LogP contribution < -0.4 is 4.90 Å². The summed E-state index contributed by atoms with van der Waals surface area (Å²) in [6, 6.07) is 11.2. The van der Waals surface area contributed by atoms with Crippen molar-refractivity contribution in [3.63, 3.8) is 0 Å². The first kappa shape index (κ1) is 16.5. The molecule has 124 valence electrons. The Morgan fingerprint density at radius 3 is 2.92 bits per heavy atom. The molecule has 0 atom stereocenters. The number of hydrogen-bond donors (Lipinski definition) is 0. The third-order valence-electron chi connectivity index (χ3n) is 3.92. The van der Waals surface area contributed by atoms with Crippen molar-refractivity contribution in [3.05, 3.63) is 53.7 Å². The highest BCUT2D eigenvalue weighted by Gasteiger charge is 2.23. The maximum atomic E-state index is 12.5. The predicted molar refractivity (Wildman–Crippen MR) is 93.4 cm³/mol. The fraction of sp³-hybridized carbons (Fsp3) is 0.278. The second-order valence-electron chi connectivity index (χ2n) is 5.41. The Bertz CT molecular complexity index is 763. The maximum Gasteiger partial charge on any atom is 0.341 e. The Kier molecular flexibility index (Phi) is 5.15. The average Bonchev–Trinajstić information content (AvgIpc) is 2.65.